The predicted octanol–water partition coefficient (Wildman–Crippen LogP) is 5.34. The van der Waals surface area contributed by atoms with Gasteiger partial charge in [0.1, 0.15) is 5.82 Å². The van der Waals surface area contributed by atoms with Gasteiger partial charge in [0.15, 0.2) is 10.1 Å². The Bertz CT molecular complexity index is 1480. The van der Waals surface area contributed by atoms with Gasteiger partial charge in [0.05, 0.1) is 23.3 Å². The molecule has 0 fully saturated rings. The summed E-state index contributed by atoms with van der Waals surface area (Å²) >= 11 is 6.12. The fraction of sp³-hybridized carbons (Fsp3) is 0.192. The van der Waals surface area contributed by atoms with Gasteiger partial charge < -0.3 is 11.1 Å². The zero-order valence-corrected chi connectivity index (χ0v) is 22.7. The lowest BCUT2D eigenvalue weighted by atomic mass is 9.76. The smallest absolute Gasteiger partial charge is 0.234 e. The molecule has 0 saturated heterocycles. The van der Waals surface area contributed by atoms with Crippen molar-refractivity contribution in [2.75, 3.05) is 16.0 Å². The molecule has 1 aliphatic carbocycles. The van der Waals surface area contributed by atoms with E-state index in [1.807, 2.05) is 54.6 Å². The van der Waals surface area contributed by atoms with Crippen LogP contribution in [0.3, 0.4) is 0 Å². The number of amides is 1. The molecule has 1 unspecified atom stereocenters. The molecular weight excluding hydrogens is 572 g/mol. The van der Waals surface area contributed by atoms with E-state index in [1.165, 1.54) is 23.1 Å². The Kier molecular flexibility index (Phi) is 7.41. The van der Waals surface area contributed by atoms with Crippen LogP contribution in [0.15, 0.2) is 86.1 Å². The highest BCUT2D eigenvalue weighted by Gasteiger charge is 2.41. The number of nitrogens with zero attached hydrogens (tertiary/aromatic N) is 4. The second-order valence-electron chi connectivity index (χ2n) is 8.39. The Balaban J connectivity index is 1.45. The number of rotatable bonds is 6. The number of Topliss-reactive ketones (excluding diaryl/α,β-unsaturated/α-hetero) is 1. The van der Waals surface area contributed by atoms with Gasteiger partial charge in [-0.15, -0.1) is 10.2 Å². The number of nitrogens with two attached hydrogens (primary N) is 1. The van der Waals surface area contributed by atoms with Crippen molar-refractivity contribution in [2.45, 2.75) is 29.5 Å². The SMILES string of the molecule is N#CC1=C(N)N(c2nnc(SCC(=O)Nc3ccccc3)s2)C2=C(C(=O)CCC2)C1c1ccccc1Br. The van der Waals surface area contributed by atoms with Crippen LogP contribution in [0, 0.1) is 11.3 Å². The molecule has 186 valence electrons. The number of hydrogen-bond donors (Lipinski definition) is 2. The van der Waals surface area contributed by atoms with Gasteiger partial charge in [0, 0.05) is 27.9 Å². The fourth-order valence-electron chi connectivity index (χ4n) is 4.52. The average molecular weight is 594 g/mol. The summed E-state index contributed by atoms with van der Waals surface area (Å²) in [6, 6.07) is 19.1. The van der Waals surface area contributed by atoms with Crippen molar-refractivity contribution < 1.29 is 9.59 Å². The van der Waals surface area contributed by atoms with Gasteiger partial charge in [0.2, 0.25) is 11.0 Å². The standard InChI is InChI=1S/C26H21BrN6O2S2/c27-18-10-5-4-9-16(18)22-17(13-28)24(29)33(19-11-6-12-20(34)23(19)22)25-31-32-26(37-25)36-14-21(35)30-15-7-2-1-3-8-15/h1-5,7-10,22H,6,11-12,14,29H2,(H,30,35). The first-order valence-electron chi connectivity index (χ1n) is 11.5. The van der Waals surface area contributed by atoms with Crippen molar-refractivity contribution in [1.29, 1.82) is 5.26 Å². The Morgan fingerprint density at radius 2 is 1.95 bits per heavy atom. The number of carbonyl (C=O) groups excluding carboxylic acids is 2. The van der Waals surface area contributed by atoms with Crippen LogP contribution in [0.4, 0.5) is 10.8 Å². The fourth-order valence-corrected chi connectivity index (χ4v) is 6.72. The van der Waals surface area contributed by atoms with Gasteiger partial charge >= 0.3 is 0 Å². The molecule has 3 aromatic rings. The van der Waals surface area contributed by atoms with E-state index in [1.54, 1.807) is 4.90 Å². The van der Waals surface area contributed by atoms with Gasteiger partial charge in [-0.1, -0.05) is 75.4 Å². The van der Waals surface area contributed by atoms with Gasteiger partial charge in [-0.2, -0.15) is 5.26 Å². The van der Waals surface area contributed by atoms with E-state index in [2.05, 4.69) is 37.5 Å². The maximum absolute atomic E-state index is 13.2. The summed E-state index contributed by atoms with van der Waals surface area (Å²) in [6.07, 6.45) is 1.73. The number of aromatic nitrogens is 2. The first-order chi connectivity index (χ1) is 18.0. The summed E-state index contributed by atoms with van der Waals surface area (Å²) in [7, 11) is 0. The van der Waals surface area contributed by atoms with Crippen LogP contribution in [0.5, 0.6) is 0 Å². The van der Waals surface area contributed by atoms with Gasteiger partial charge in [-0.3, -0.25) is 14.5 Å². The second kappa shape index (κ2) is 10.9. The zero-order valence-electron chi connectivity index (χ0n) is 19.5. The predicted molar refractivity (Wildman–Crippen MR) is 148 cm³/mol. The molecule has 3 N–H and O–H groups in total. The van der Waals surface area contributed by atoms with E-state index in [4.69, 9.17) is 5.73 Å². The minimum absolute atomic E-state index is 0.00366. The van der Waals surface area contributed by atoms with Crippen molar-refractivity contribution >= 4 is 61.5 Å². The maximum Gasteiger partial charge on any atom is 0.234 e. The number of para-hydroxylation sites is 1. The summed E-state index contributed by atoms with van der Waals surface area (Å²) in [4.78, 5) is 27.3. The van der Waals surface area contributed by atoms with E-state index < -0.39 is 5.92 Å². The van der Waals surface area contributed by atoms with Crippen LogP contribution in [-0.2, 0) is 9.59 Å². The Labute approximate surface area is 230 Å². The molecule has 8 nitrogen and oxygen atoms in total. The van der Waals surface area contributed by atoms with E-state index >= 15 is 0 Å². The largest absolute Gasteiger partial charge is 0.384 e. The van der Waals surface area contributed by atoms with Crippen molar-refractivity contribution in [3.63, 3.8) is 0 Å². The molecule has 1 aromatic heterocycles. The van der Waals surface area contributed by atoms with E-state index in [0.717, 1.165) is 21.4 Å². The number of anilines is 2. The molecule has 11 heteroatoms. The molecule has 2 heterocycles. The highest BCUT2D eigenvalue weighted by Crippen LogP contribution is 2.48. The first kappa shape index (κ1) is 25.2. The normalized spacial score (nSPS) is 17.5. The van der Waals surface area contributed by atoms with Crippen molar-refractivity contribution in [3.8, 4) is 6.07 Å². The molecule has 1 atom stereocenters. The number of benzene rings is 2. The van der Waals surface area contributed by atoms with Crippen LogP contribution < -0.4 is 16.0 Å². The molecule has 1 aliphatic heterocycles. The van der Waals surface area contributed by atoms with Crippen LogP contribution in [0.25, 0.3) is 0 Å². The molecule has 5 rings (SSSR count). The number of hydrogen-bond acceptors (Lipinski definition) is 9. The Morgan fingerprint density at radius 3 is 2.70 bits per heavy atom. The third-order valence-electron chi connectivity index (χ3n) is 6.10. The number of halogens is 1. The zero-order chi connectivity index (χ0) is 25.9. The lowest BCUT2D eigenvalue weighted by Gasteiger charge is -2.38. The number of nitriles is 1. The third kappa shape index (κ3) is 5.05. The lowest BCUT2D eigenvalue weighted by Crippen LogP contribution is -2.38. The molecule has 2 aliphatic rings. The molecule has 0 saturated carbocycles. The first-order valence-corrected chi connectivity index (χ1v) is 14.1. The van der Waals surface area contributed by atoms with Crippen LogP contribution >= 0.6 is 39.0 Å². The molecule has 2 aromatic carbocycles. The summed E-state index contributed by atoms with van der Waals surface area (Å²) in [6.45, 7) is 0. The molecular formula is C26H21BrN6O2S2. The summed E-state index contributed by atoms with van der Waals surface area (Å²) in [5.74, 6) is -0.302. The third-order valence-corrected chi connectivity index (χ3v) is 8.86. The lowest BCUT2D eigenvalue weighted by molar-refractivity contribution is -0.116. The summed E-state index contributed by atoms with van der Waals surface area (Å²) in [5, 5.41) is 22.0. The Morgan fingerprint density at radius 1 is 1.19 bits per heavy atom. The number of carbonyl (C=O) groups is 2. The van der Waals surface area contributed by atoms with Crippen molar-refractivity contribution in [3.05, 3.63) is 87.3 Å². The minimum atomic E-state index is -0.553. The molecule has 1 amide bonds. The molecule has 37 heavy (non-hydrogen) atoms. The Hall–Kier alpha value is -3.46. The van der Waals surface area contributed by atoms with E-state index in [9.17, 15) is 14.9 Å². The van der Waals surface area contributed by atoms with Crippen LogP contribution in [-0.4, -0.2) is 27.6 Å². The van der Waals surface area contributed by atoms with Gasteiger partial charge in [-0.05, 0) is 36.6 Å². The molecule has 0 bridgehead atoms. The van der Waals surface area contributed by atoms with E-state index in [0.29, 0.717) is 39.9 Å². The number of nitrogens with one attached hydrogen (secondary N) is 1. The van der Waals surface area contributed by atoms with E-state index in [-0.39, 0.29) is 23.3 Å². The highest BCUT2D eigenvalue weighted by molar-refractivity contribution is 9.10. The monoisotopic (exact) mass is 592 g/mol. The highest BCUT2D eigenvalue weighted by atomic mass is 79.9. The number of ketones is 1. The second-order valence-corrected chi connectivity index (χ2v) is 11.4. The number of thioether (sulfide) groups is 1. The van der Waals surface area contributed by atoms with Crippen LogP contribution in [0.1, 0.15) is 30.7 Å². The maximum atomic E-state index is 13.2. The van der Waals surface area contributed by atoms with Crippen molar-refractivity contribution in [2.24, 2.45) is 5.73 Å². The van der Waals surface area contributed by atoms with Crippen LogP contribution in [0.2, 0.25) is 0 Å². The summed E-state index contributed by atoms with van der Waals surface area (Å²) < 4.78 is 1.39. The topological polar surface area (TPSA) is 125 Å². The average Bonchev–Trinajstić information content (AvgIpc) is 3.36. The summed E-state index contributed by atoms with van der Waals surface area (Å²) in [5.41, 5.74) is 9.78. The van der Waals surface area contributed by atoms with Crippen molar-refractivity contribution in [1.82, 2.24) is 10.2 Å². The number of allylic oxidation sites excluding steroid dienone is 3. The quantitative estimate of drug-likeness (QED) is 0.367. The van der Waals surface area contributed by atoms with Gasteiger partial charge in [-0.25, -0.2) is 0 Å². The molecule has 0 spiro atoms. The molecule has 0 radical (unpaired) electrons. The minimum Gasteiger partial charge on any atom is -0.384 e. The van der Waals surface area contributed by atoms with Gasteiger partial charge in [0.25, 0.3) is 0 Å².